The summed E-state index contributed by atoms with van der Waals surface area (Å²) in [6.45, 7) is 7.92. The van der Waals surface area contributed by atoms with Gasteiger partial charge in [-0.15, -0.1) is 0 Å². The number of nitrogens with two attached hydrogens (primary N) is 1. The maximum absolute atomic E-state index is 12.1. The van der Waals surface area contributed by atoms with Crippen LogP contribution in [0.2, 0.25) is 0 Å². The number of unbranched alkanes of at least 4 members (excludes halogenated alkanes) is 1. The number of aliphatic hydroxyl groups is 1. The van der Waals surface area contributed by atoms with Crippen molar-refractivity contribution in [2.45, 2.75) is 71.4 Å². The average molecular weight is 472 g/mol. The third-order valence-electron chi connectivity index (χ3n) is 6.42. The molecule has 9 nitrogen and oxygen atoms in total. The molecule has 5 N–H and O–H groups in total. The first-order valence-corrected chi connectivity index (χ1v) is 12.4. The number of rotatable bonds is 10. The molecule has 1 amide bonds. The summed E-state index contributed by atoms with van der Waals surface area (Å²) in [7, 11) is 0. The summed E-state index contributed by atoms with van der Waals surface area (Å²) >= 11 is 0. The number of carbonyl (C=O) groups excluding carboxylic acids is 1. The van der Waals surface area contributed by atoms with E-state index in [9.17, 15) is 9.90 Å². The van der Waals surface area contributed by atoms with E-state index in [1.807, 2.05) is 26.0 Å². The number of nitrogens with zero attached hydrogens (tertiary/aromatic N) is 3. The van der Waals surface area contributed by atoms with Crippen molar-refractivity contribution in [2.75, 3.05) is 31.6 Å². The minimum Gasteiger partial charge on any atom is -0.393 e. The number of nitrogens with one attached hydrogen (secondary N) is 2. The third kappa shape index (κ3) is 7.19. The zero-order valence-corrected chi connectivity index (χ0v) is 20.6. The third-order valence-corrected chi connectivity index (χ3v) is 6.42. The van der Waals surface area contributed by atoms with Gasteiger partial charge in [-0.25, -0.2) is 4.98 Å². The van der Waals surface area contributed by atoms with Gasteiger partial charge in [-0.05, 0) is 44.8 Å². The van der Waals surface area contributed by atoms with Crippen molar-refractivity contribution in [1.29, 1.82) is 5.41 Å². The quantitative estimate of drug-likeness (QED) is 0.235. The molecule has 2 fully saturated rings. The van der Waals surface area contributed by atoms with Gasteiger partial charge in [-0.2, -0.15) is 4.98 Å². The van der Waals surface area contributed by atoms with E-state index in [0.717, 1.165) is 62.2 Å². The van der Waals surface area contributed by atoms with Gasteiger partial charge >= 0.3 is 0 Å². The first-order chi connectivity index (χ1) is 16.4. The lowest BCUT2D eigenvalue weighted by molar-refractivity contribution is -0.618. The standard InChI is InChI=1S/C25H38N6O3/c1-4-5-12-27-25-28-15-21(24(30-25)29-19-8-10-20(32)11-9-19)23(26)17(2)6-7-18(3)31-13-14-34-16-22(31)33/h6-7,15,19-20,26,32H,4-5,8-14,16H2,1-3H3,(H2,27,28,29,30)/p+1/b17-6+,18-7+,26-23?. The van der Waals surface area contributed by atoms with Crippen molar-refractivity contribution < 1.29 is 20.0 Å². The molecule has 2 heterocycles. The highest BCUT2D eigenvalue weighted by Crippen LogP contribution is 2.20. The molecule has 186 valence electrons. The molecule has 0 aromatic carbocycles. The van der Waals surface area contributed by atoms with Crippen LogP contribution in [-0.4, -0.2) is 70.0 Å². The Labute approximate surface area is 202 Å². The van der Waals surface area contributed by atoms with Crippen LogP contribution in [0, 0.1) is 5.41 Å². The van der Waals surface area contributed by atoms with Crippen LogP contribution in [-0.2, 0) is 9.53 Å². The molecule has 34 heavy (non-hydrogen) atoms. The molecule has 2 aliphatic rings. The number of morpholine rings is 1. The Balaban J connectivity index is 1.79. The maximum atomic E-state index is 12.1. The van der Waals surface area contributed by atoms with Gasteiger partial charge in [0.1, 0.15) is 6.61 Å². The Morgan fingerprint density at radius 3 is 2.79 bits per heavy atom. The summed E-state index contributed by atoms with van der Waals surface area (Å²) in [5.74, 6) is 1.29. The first kappa shape index (κ1) is 26.0. The predicted octanol–water partition coefficient (Wildman–Crippen LogP) is 2.26. The molecular formula is C25H39N6O3+. The average Bonchev–Trinajstić information content (AvgIpc) is 2.84. The van der Waals surface area contributed by atoms with Gasteiger partial charge < -0.3 is 20.1 Å². The second kappa shape index (κ2) is 12.7. The van der Waals surface area contributed by atoms with Gasteiger partial charge in [-0.1, -0.05) is 19.4 Å². The summed E-state index contributed by atoms with van der Waals surface area (Å²) in [5, 5.41) is 24.1. The van der Waals surface area contributed by atoms with Crippen molar-refractivity contribution in [3.63, 3.8) is 0 Å². The monoisotopic (exact) mass is 471 g/mol. The fourth-order valence-corrected chi connectivity index (χ4v) is 4.19. The number of carbonyl (C=O) groups is 1. The van der Waals surface area contributed by atoms with E-state index < -0.39 is 0 Å². The Bertz CT molecular complexity index is 921. The number of anilines is 1. The van der Waals surface area contributed by atoms with Crippen molar-refractivity contribution in [2.24, 2.45) is 0 Å². The first-order valence-electron chi connectivity index (χ1n) is 12.4. The predicted molar refractivity (Wildman–Crippen MR) is 132 cm³/mol. The highest BCUT2D eigenvalue weighted by atomic mass is 16.5. The number of ether oxygens (including phenoxy) is 1. The van der Waals surface area contributed by atoms with Crippen molar-refractivity contribution in [3.05, 3.63) is 35.2 Å². The van der Waals surface area contributed by atoms with Gasteiger partial charge in [-0.3, -0.25) is 15.5 Å². The molecule has 1 aromatic heterocycles. The van der Waals surface area contributed by atoms with Crippen LogP contribution in [0.1, 0.15) is 64.9 Å². The van der Waals surface area contributed by atoms with Gasteiger partial charge in [0, 0.05) is 37.8 Å². The Kier molecular flexibility index (Phi) is 9.74. The van der Waals surface area contributed by atoms with Crippen LogP contribution < -0.4 is 10.6 Å². The summed E-state index contributed by atoms with van der Waals surface area (Å²) in [4.78, 5) is 23.0. The van der Waals surface area contributed by atoms with E-state index in [-0.39, 0.29) is 18.6 Å². The minimum absolute atomic E-state index is 0.0461. The van der Waals surface area contributed by atoms with Crippen molar-refractivity contribution in [1.82, 2.24) is 14.9 Å². The Morgan fingerprint density at radius 1 is 1.32 bits per heavy atom. The minimum atomic E-state index is -0.211. The Hall–Kier alpha value is -2.62. The van der Waals surface area contributed by atoms with E-state index >= 15 is 0 Å². The highest BCUT2D eigenvalue weighted by Gasteiger charge is 2.26. The second-order valence-corrected chi connectivity index (χ2v) is 9.14. The van der Waals surface area contributed by atoms with E-state index in [0.29, 0.717) is 36.4 Å². The number of hydrogen-bond donors (Lipinski definition) is 4. The van der Waals surface area contributed by atoms with E-state index in [2.05, 4.69) is 22.5 Å². The normalized spacial score (nSPS) is 22.1. The number of aromatic nitrogens is 2. The zero-order valence-electron chi connectivity index (χ0n) is 20.6. The van der Waals surface area contributed by atoms with Crippen LogP contribution in [0.4, 0.5) is 11.8 Å². The van der Waals surface area contributed by atoms with Gasteiger partial charge in [0.15, 0.2) is 0 Å². The van der Waals surface area contributed by atoms with E-state index in [4.69, 9.17) is 15.1 Å². The summed E-state index contributed by atoms with van der Waals surface area (Å²) in [6, 6.07) is 0.326. The molecule has 0 spiro atoms. The van der Waals surface area contributed by atoms with Crippen LogP contribution in [0.25, 0.3) is 0 Å². The van der Waals surface area contributed by atoms with Crippen LogP contribution in [0.5, 0.6) is 0 Å². The smallest absolute Gasteiger partial charge is 0.252 e. The maximum Gasteiger partial charge on any atom is 0.252 e. The summed E-state index contributed by atoms with van der Waals surface area (Å²) in [6.07, 6.45) is 10.8. The van der Waals surface area contributed by atoms with Gasteiger partial charge in [0.25, 0.3) is 5.91 Å². The largest absolute Gasteiger partial charge is 0.393 e. The molecule has 0 radical (unpaired) electrons. The Morgan fingerprint density at radius 2 is 2.09 bits per heavy atom. The van der Waals surface area contributed by atoms with Crippen LogP contribution in [0.15, 0.2) is 29.6 Å². The molecule has 3 rings (SSSR count). The molecule has 9 heteroatoms. The number of amides is 1. The number of hydrogen-bond acceptors (Lipinski definition) is 7. The van der Waals surface area contributed by atoms with E-state index in [1.54, 1.807) is 11.1 Å². The summed E-state index contributed by atoms with van der Waals surface area (Å²) < 4.78 is 5.20. The number of aliphatic hydroxyl groups excluding tert-OH is 1. The van der Waals surface area contributed by atoms with Crippen molar-refractivity contribution >= 4 is 23.4 Å². The fraction of sp³-hybridized carbons (Fsp3) is 0.600. The molecule has 0 unspecified atom stereocenters. The highest BCUT2D eigenvalue weighted by molar-refractivity contribution is 6.12. The van der Waals surface area contributed by atoms with Gasteiger partial charge in [0.05, 0.1) is 30.0 Å². The molecule has 1 saturated heterocycles. The number of quaternary nitrogens is 1. The zero-order chi connectivity index (χ0) is 24.5. The van der Waals surface area contributed by atoms with E-state index in [1.165, 1.54) is 0 Å². The molecule has 0 bridgehead atoms. The molecule has 1 aromatic rings. The lowest BCUT2D eigenvalue weighted by Gasteiger charge is -2.27. The van der Waals surface area contributed by atoms with Crippen LogP contribution >= 0.6 is 0 Å². The fourth-order valence-electron chi connectivity index (χ4n) is 4.19. The second-order valence-electron chi connectivity index (χ2n) is 9.14. The lowest BCUT2D eigenvalue weighted by Crippen LogP contribution is -2.85. The van der Waals surface area contributed by atoms with Gasteiger partial charge in [0.2, 0.25) is 11.8 Å². The topological polar surface area (TPSA) is 128 Å². The summed E-state index contributed by atoms with van der Waals surface area (Å²) in [5.41, 5.74) is 2.65. The SMILES string of the molecule is CCCCNc1ncc(C(=N)/C(C)=C/C=C(\C)N2CCOCC2=O)c([NH2+]C2CCC(O)CC2)n1. The van der Waals surface area contributed by atoms with Crippen molar-refractivity contribution in [3.8, 4) is 0 Å². The molecule has 1 aliphatic heterocycles. The molecule has 1 saturated carbocycles. The molecular weight excluding hydrogens is 432 g/mol. The molecule has 0 atom stereocenters. The number of allylic oxidation sites excluding steroid dienone is 4. The lowest BCUT2D eigenvalue weighted by atomic mass is 9.93. The molecule has 1 aliphatic carbocycles. The van der Waals surface area contributed by atoms with Crippen LogP contribution in [0.3, 0.4) is 0 Å².